The highest BCUT2D eigenvalue weighted by atomic mass is 19.1. The zero-order chi connectivity index (χ0) is 21.1. The molecule has 1 amide bonds. The summed E-state index contributed by atoms with van der Waals surface area (Å²) in [5.74, 6) is -0.416. The number of aliphatic imine (C=N–C) groups is 1. The molecule has 4 heteroatoms. The summed E-state index contributed by atoms with van der Waals surface area (Å²) in [6.07, 6.45) is 0.802. The van der Waals surface area contributed by atoms with Crippen LogP contribution in [0.5, 0.6) is 0 Å². The Kier molecular flexibility index (Phi) is 3.97. The van der Waals surface area contributed by atoms with Crippen molar-refractivity contribution in [2.24, 2.45) is 4.99 Å². The number of halogens is 1. The Hall–Kier alpha value is -3.27. The molecule has 0 saturated heterocycles. The standard InChI is InChI=1S/C26H23FN2O/c1-25(2)16-26(3,17-8-5-4-6-9-17)21-11-7-10-20-22(24(30)29(25)23(20)21)28-19-14-12-18(27)13-15-19/h4-15H,16H2,1-3H3/t26-/m1/s1. The molecule has 0 aliphatic carbocycles. The van der Waals surface area contributed by atoms with Crippen molar-refractivity contribution in [3.8, 4) is 0 Å². The Morgan fingerprint density at radius 1 is 0.900 bits per heavy atom. The molecule has 0 unspecified atom stereocenters. The Bertz CT molecular complexity index is 1180. The van der Waals surface area contributed by atoms with Crippen LogP contribution in [0.2, 0.25) is 0 Å². The second-order valence-electron chi connectivity index (χ2n) is 8.97. The lowest BCUT2D eigenvalue weighted by Crippen LogP contribution is -2.54. The third-order valence-corrected chi connectivity index (χ3v) is 6.38. The molecule has 3 aromatic carbocycles. The first kappa shape index (κ1) is 18.7. The predicted octanol–water partition coefficient (Wildman–Crippen LogP) is 5.78. The molecule has 0 aromatic heterocycles. The van der Waals surface area contributed by atoms with Crippen LogP contribution < -0.4 is 4.90 Å². The number of anilines is 1. The largest absolute Gasteiger partial charge is 0.300 e. The summed E-state index contributed by atoms with van der Waals surface area (Å²) in [6, 6.07) is 22.5. The van der Waals surface area contributed by atoms with Gasteiger partial charge in [0.25, 0.3) is 5.91 Å². The summed E-state index contributed by atoms with van der Waals surface area (Å²) in [4.78, 5) is 20.1. The van der Waals surface area contributed by atoms with Crippen molar-refractivity contribution in [1.29, 1.82) is 0 Å². The van der Waals surface area contributed by atoms with E-state index in [9.17, 15) is 9.18 Å². The zero-order valence-electron chi connectivity index (χ0n) is 17.3. The fraction of sp³-hybridized carbons (Fsp3) is 0.231. The smallest absolute Gasteiger partial charge is 0.278 e. The fourth-order valence-electron chi connectivity index (χ4n) is 5.18. The number of carbonyl (C=O) groups is 1. The van der Waals surface area contributed by atoms with Gasteiger partial charge in [-0.25, -0.2) is 9.38 Å². The van der Waals surface area contributed by atoms with Crippen molar-refractivity contribution in [2.75, 3.05) is 4.90 Å². The lowest BCUT2D eigenvalue weighted by molar-refractivity contribution is -0.113. The SMILES string of the molecule is CC1(C)C[C@](C)(c2ccccc2)c2cccc3c2N1C(=O)C3=Nc1ccc(F)cc1. The van der Waals surface area contributed by atoms with Crippen molar-refractivity contribution in [3.05, 3.63) is 95.3 Å². The number of nitrogens with zero attached hydrogens (tertiary/aromatic N) is 2. The molecular formula is C26H23FN2O. The predicted molar refractivity (Wildman–Crippen MR) is 118 cm³/mol. The van der Waals surface area contributed by atoms with Gasteiger partial charge in [-0.3, -0.25) is 4.79 Å². The first-order chi connectivity index (χ1) is 14.3. The molecule has 3 nitrogen and oxygen atoms in total. The summed E-state index contributed by atoms with van der Waals surface area (Å²) in [5, 5.41) is 0. The van der Waals surface area contributed by atoms with Crippen LogP contribution in [0.4, 0.5) is 15.8 Å². The van der Waals surface area contributed by atoms with Crippen molar-refractivity contribution >= 4 is 23.0 Å². The van der Waals surface area contributed by atoms with E-state index in [-0.39, 0.29) is 22.7 Å². The molecular weight excluding hydrogens is 375 g/mol. The minimum Gasteiger partial charge on any atom is -0.300 e. The third-order valence-electron chi connectivity index (χ3n) is 6.38. The molecule has 150 valence electrons. The van der Waals surface area contributed by atoms with Crippen LogP contribution in [0.15, 0.2) is 77.8 Å². The second-order valence-corrected chi connectivity index (χ2v) is 8.97. The number of rotatable bonds is 2. The van der Waals surface area contributed by atoms with E-state index in [4.69, 9.17) is 0 Å². The normalized spacial score (nSPS) is 23.0. The van der Waals surface area contributed by atoms with Crippen LogP contribution in [0.1, 0.15) is 43.9 Å². The maximum atomic E-state index is 13.5. The van der Waals surface area contributed by atoms with E-state index in [1.165, 1.54) is 17.7 Å². The van der Waals surface area contributed by atoms with Crippen LogP contribution >= 0.6 is 0 Å². The van der Waals surface area contributed by atoms with Gasteiger partial charge in [0.15, 0.2) is 0 Å². The van der Waals surface area contributed by atoms with Crippen molar-refractivity contribution in [2.45, 2.75) is 38.1 Å². The van der Waals surface area contributed by atoms with Crippen LogP contribution in [-0.4, -0.2) is 17.2 Å². The summed E-state index contributed by atoms with van der Waals surface area (Å²) >= 11 is 0. The first-order valence-corrected chi connectivity index (χ1v) is 10.2. The summed E-state index contributed by atoms with van der Waals surface area (Å²) in [5.41, 5.74) is 4.56. The van der Waals surface area contributed by atoms with Gasteiger partial charge in [-0.1, -0.05) is 55.5 Å². The van der Waals surface area contributed by atoms with Crippen LogP contribution in [0.25, 0.3) is 0 Å². The Morgan fingerprint density at radius 2 is 1.60 bits per heavy atom. The van der Waals surface area contributed by atoms with Crippen molar-refractivity contribution in [1.82, 2.24) is 0 Å². The van der Waals surface area contributed by atoms with Crippen molar-refractivity contribution < 1.29 is 9.18 Å². The van der Waals surface area contributed by atoms with E-state index in [2.05, 4.69) is 56.1 Å². The van der Waals surface area contributed by atoms with Crippen LogP contribution in [0.3, 0.4) is 0 Å². The average molecular weight is 398 g/mol. The number of benzene rings is 3. The summed E-state index contributed by atoms with van der Waals surface area (Å²) < 4.78 is 13.3. The van der Waals surface area contributed by atoms with Gasteiger partial charge in [-0.15, -0.1) is 0 Å². The molecule has 1 atom stereocenters. The Labute approximate surface area is 175 Å². The lowest BCUT2D eigenvalue weighted by atomic mass is 9.65. The molecule has 0 N–H and O–H groups in total. The third kappa shape index (κ3) is 2.63. The number of amides is 1. The molecule has 0 spiro atoms. The van der Waals surface area contributed by atoms with Crippen molar-refractivity contribution in [3.63, 3.8) is 0 Å². The second kappa shape index (κ2) is 6.36. The van der Waals surface area contributed by atoms with E-state index in [1.54, 1.807) is 12.1 Å². The van der Waals surface area contributed by atoms with Gasteiger partial charge >= 0.3 is 0 Å². The Balaban J connectivity index is 1.75. The van der Waals surface area contributed by atoms with Gasteiger partial charge in [0.2, 0.25) is 0 Å². The quantitative estimate of drug-likeness (QED) is 0.538. The van der Waals surface area contributed by atoms with Gasteiger partial charge in [0.1, 0.15) is 11.5 Å². The number of hydrogen-bond donors (Lipinski definition) is 0. The molecule has 0 radical (unpaired) electrons. The van der Waals surface area contributed by atoms with Gasteiger partial charge in [0.05, 0.1) is 11.4 Å². The van der Waals surface area contributed by atoms with E-state index in [0.29, 0.717) is 11.4 Å². The molecule has 0 bridgehead atoms. The highest BCUT2D eigenvalue weighted by Crippen LogP contribution is 2.53. The topological polar surface area (TPSA) is 32.7 Å². The van der Waals surface area contributed by atoms with E-state index < -0.39 is 0 Å². The van der Waals surface area contributed by atoms with Gasteiger partial charge in [0, 0.05) is 16.5 Å². The zero-order valence-corrected chi connectivity index (χ0v) is 17.3. The summed E-state index contributed by atoms with van der Waals surface area (Å²) in [7, 11) is 0. The monoisotopic (exact) mass is 398 g/mol. The molecule has 2 heterocycles. The van der Waals surface area contributed by atoms with E-state index >= 15 is 0 Å². The molecule has 2 aliphatic rings. The number of para-hydroxylation sites is 1. The van der Waals surface area contributed by atoms with Gasteiger partial charge in [-0.05, 0) is 55.7 Å². The minimum atomic E-state index is -0.384. The van der Waals surface area contributed by atoms with E-state index in [1.807, 2.05) is 23.1 Å². The maximum Gasteiger partial charge on any atom is 0.278 e. The molecule has 2 aliphatic heterocycles. The minimum absolute atomic E-state index is 0.0955. The molecule has 3 aromatic rings. The van der Waals surface area contributed by atoms with Crippen LogP contribution in [-0.2, 0) is 10.2 Å². The maximum absolute atomic E-state index is 13.5. The lowest BCUT2D eigenvalue weighted by Gasteiger charge is -2.49. The highest BCUT2D eigenvalue weighted by Gasteiger charge is 2.52. The first-order valence-electron chi connectivity index (χ1n) is 10.2. The Morgan fingerprint density at radius 3 is 2.30 bits per heavy atom. The van der Waals surface area contributed by atoms with Gasteiger partial charge < -0.3 is 4.90 Å². The van der Waals surface area contributed by atoms with E-state index in [0.717, 1.165) is 23.2 Å². The van der Waals surface area contributed by atoms with Gasteiger partial charge in [-0.2, -0.15) is 0 Å². The fourth-order valence-corrected chi connectivity index (χ4v) is 5.18. The van der Waals surface area contributed by atoms with Crippen LogP contribution in [0, 0.1) is 5.82 Å². The molecule has 5 rings (SSSR count). The average Bonchev–Trinajstić information content (AvgIpc) is 3.01. The number of hydrogen-bond acceptors (Lipinski definition) is 2. The summed E-state index contributed by atoms with van der Waals surface area (Å²) in [6.45, 7) is 6.50. The molecule has 0 fully saturated rings. The highest BCUT2D eigenvalue weighted by molar-refractivity contribution is 6.55. The molecule has 0 saturated carbocycles. The molecule has 30 heavy (non-hydrogen) atoms. The number of carbonyl (C=O) groups excluding carboxylic acids is 1.